The first-order valence-electron chi connectivity index (χ1n) is 23.1. The number of carbonyl (C=O) groups excluding carboxylic acids is 2. The van der Waals surface area contributed by atoms with Crippen molar-refractivity contribution in [3.8, 4) is 0 Å². The molecule has 0 bridgehead atoms. The average molecular weight is 870 g/mol. The Morgan fingerprint density at radius 3 is 0.925 bits per heavy atom. The molecule has 9 aromatic rings. The van der Waals surface area contributed by atoms with E-state index in [4.69, 9.17) is 0 Å². The Hall–Kier alpha value is -8.42. The molecule has 0 aliphatic carbocycles. The minimum Gasteiger partial charge on any atom is -0.306 e. The second-order valence-corrected chi connectivity index (χ2v) is 18.0. The number of rotatable bonds is 7. The van der Waals surface area contributed by atoms with Gasteiger partial charge in [0.15, 0.2) is 0 Å². The number of benzene rings is 9. The summed E-state index contributed by atoms with van der Waals surface area (Å²) in [4.78, 5) is 41.9. The van der Waals surface area contributed by atoms with Gasteiger partial charge >= 0.3 is 0 Å². The molecule has 3 aliphatic rings. The summed E-state index contributed by atoms with van der Waals surface area (Å²) in [5.41, 5.74) is 15.3. The van der Waals surface area contributed by atoms with E-state index in [0.717, 1.165) is 84.8 Å². The normalized spacial score (nSPS) is 13.9. The fourth-order valence-electron chi connectivity index (χ4n) is 10.6. The number of fused-ring (bicyclic) bond motifs is 4. The molecule has 0 saturated heterocycles. The molecule has 12 rings (SSSR count). The molecule has 3 aliphatic heterocycles. The summed E-state index contributed by atoms with van der Waals surface area (Å²) in [6.07, 6.45) is 0. The van der Waals surface area contributed by atoms with E-state index in [-0.39, 0.29) is 23.7 Å². The van der Waals surface area contributed by atoms with Crippen molar-refractivity contribution in [2.45, 2.75) is 39.5 Å². The zero-order valence-electron chi connectivity index (χ0n) is 37.8. The Morgan fingerprint density at radius 2 is 0.597 bits per heavy atom. The van der Waals surface area contributed by atoms with Crippen molar-refractivity contribution in [3.63, 3.8) is 0 Å². The molecular weight excluding hydrogens is 823 g/mol. The second-order valence-electron chi connectivity index (χ2n) is 18.0. The number of amides is 2. The van der Waals surface area contributed by atoms with Crippen molar-refractivity contribution >= 4 is 96.5 Å². The summed E-state index contributed by atoms with van der Waals surface area (Å²) < 4.78 is 0. The third kappa shape index (κ3) is 6.04. The molecule has 3 heterocycles. The molecule has 0 unspecified atom stereocenters. The fraction of sp³-hybridized carbons (Fsp3) is 0.100. The van der Waals surface area contributed by atoms with Crippen molar-refractivity contribution in [3.05, 3.63) is 222 Å². The molecule has 7 nitrogen and oxygen atoms in total. The van der Waals surface area contributed by atoms with Crippen LogP contribution in [0.25, 0.3) is 10.8 Å². The number of anilines is 13. The maximum Gasteiger partial charge on any atom is 0.266 e. The molecule has 2 amide bonds. The van der Waals surface area contributed by atoms with Crippen molar-refractivity contribution in [1.82, 2.24) is 0 Å². The molecule has 324 valence electrons. The number of hydrogen-bond donors (Lipinski definition) is 0. The van der Waals surface area contributed by atoms with E-state index in [2.05, 4.69) is 217 Å². The van der Waals surface area contributed by atoms with Crippen LogP contribution in [0.5, 0.6) is 0 Å². The maximum absolute atomic E-state index is 15.6. The third-order valence-electron chi connectivity index (χ3n) is 13.5. The summed E-state index contributed by atoms with van der Waals surface area (Å²) in [6, 6.07) is 69.1. The number of para-hydroxylation sites is 11. The van der Waals surface area contributed by atoms with Crippen LogP contribution in [0.1, 0.15) is 71.4 Å². The van der Waals surface area contributed by atoms with Gasteiger partial charge in [-0.25, -0.2) is 4.90 Å². The molecule has 0 spiro atoms. The van der Waals surface area contributed by atoms with Crippen LogP contribution in [0.3, 0.4) is 0 Å². The van der Waals surface area contributed by atoms with E-state index >= 15 is 9.59 Å². The highest BCUT2D eigenvalue weighted by Crippen LogP contribution is 2.60. The Morgan fingerprint density at radius 1 is 0.284 bits per heavy atom. The SMILES string of the molecule is CC(C)c1cccc(C(C)C)c1N1C(=O)c2ccc(N3c4ccccc4N(c4ccccc4)c4ccccc43)c3c(N4c5ccccc5N(c5ccccc5)c5ccccc54)ccc(c23)C1=O. The van der Waals surface area contributed by atoms with E-state index in [1.54, 1.807) is 0 Å². The van der Waals surface area contributed by atoms with Gasteiger partial charge in [-0.2, -0.15) is 0 Å². The zero-order valence-corrected chi connectivity index (χ0v) is 37.8. The quantitative estimate of drug-likeness (QED) is 0.149. The van der Waals surface area contributed by atoms with Gasteiger partial charge in [0, 0.05) is 33.3 Å². The summed E-state index contributed by atoms with van der Waals surface area (Å²) in [5.74, 6) is -0.508. The summed E-state index contributed by atoms with van der Waals surface area (Å²) in [6.45, 7) is 8.48. The first kappa shape index (κ1) is 40.1. The molecule has 0 atom stereocenters. The summed E-state index contributed by atoms with van der Waals surface area (Å²) >= 11 is 0. The van der Waals surface area contributed by atoms with Gasteiger partial charge in [-0.05, 0) is 120 Å². The lowest BCUT2D eigenvalue weighted by Gasteiger charge is -2.43. The Kier molecular flexibility index (Phi) is 9.36. The largest absolute Gasteiger partial charge is 0.306 e. The minimum absolute atomic E-state index is 0.0739. The molecule has 67 heavy (non-hydrogen) atoms. The van der Waals surface area contributed by atoms with E-state index in [9.17, 15) is 0 Å². The topological polar surface area (TPSA) is 50.3 Å². The number of imide groups is 1. The van der Waals surface area contributed by atoms with Gasteiger partial charge in [0.2, 0.25) is 0 Å². The van der Waals surface area contributed by atoms with E-state index in [1.165, 1.54) is 4.90 Å². The monoisotopic (exact) mass is 869 g/mol. The lowest BCUT2D eigenvalue weighted by Crippen LogP contribution is -2.42. The first-order valence-corrected chi connectivity index (χ1v) is 23.1. The van der Waals surface area contributed by atoms with Crippen molar-refractivity contribution in [2.75, 3.05) is 24.5 Å². The van der Waals surface area contributed by atoms with Crippen molar-refractivity contribution in [2.24, 2.45) is 0 Å². The van der Waals surface area contributed by atoms with Crippen LogP contribution in [0.4, 0.5) is 73.9 Å². The van der Waals surface area contributed by atoms with E-state index < -0.39 is 0 Å². The Labute approximate surface area is 391 Å². The van der Waals surface area contributed by atoms with Gasteiger partial charge in [0.1, 0.15) is 0 Å². The lowest BCUT2D eigenvalue weighted by molar-refractivity contribution is 0.0893. The lowest BCUT2D eigenvalue weighted by atomic mass is 9.87. The molecule has 9 aromatic carbocycles. The first-order chi connectivity index (χ1) is 32.8. The minimum atomic E-state index is -0.328. The van der Waals surface area contributed by atoms with Gasteiger partial charge in [-0.15, -0.1) is 0 Å². The fourth-order valence-corrected chi connectivity index (χ4v) is 10.6. The zero-order chi connectivity index (χ0) is 45.5. The molecule has 0 N–H and O–H groups in total. The molecular formula is C60H47N5O2. The van der Waals surface area contributed by atoms with Crippen LogP contribution in [-0.2, 0) is 0 Å². The third-order valence-corrected chi connectivity index (χ3v) is 13.5. The molecule has 0 saturated carbocycles. The predicted molar refractivity (Wildman–Crippen MR) is 276 cm³/mol. The highest BCUT2D eigenvalue weighted by molar-refractivity contribution is 6.38. The van der Waals surface area contributed by atoms with Gasteiger partial charge in [-0.3, -0.25) is 9.59 Å². The number of carbonyl (C=O) groups is 2. The van der Waals surface area contributed by atoms with Gasteiger partial charge in [0.05, 0.1) is 62.6 Å². The Bertz CT molecular complexity index is 3140. The van der Waals surface area contributed by atoms with Gasteiger partial charge in [0.25, 0.3) is 11.8 Å². The maximum atomic E-state index is 15.6. The molecule has 7 heteroatoms. The van der Waals surface area contributed by atoms with Crippen LogP contribution in [0.2, 0.25) is 0 Å². The number of hydrogen-bond acceptors (Lipinski definition) is 6. The Balaban J connectivity index is 1.17. The second kappa shape index (κ2) is 15.6. The molecule has 0 aromatic heterocycles. The number of nitrogens with zero attached hydrogens (tertiary/aromatic N) is 5. The van der Waals surface area contributed by atoms with Crippen LogP contribution in [-0.4, -0.2) is 11.8 Å². The standard InChI is InChI=1S/C60H47N5O2/c1-38(2)42-24-19-25-43(39(3)4)58(42)65-59(66)44-34-36-54(63-50-30-15-11-26-46(50)61(40-20-7-5-8-21-40)47-27-12-16-31-51(47)63)57-55(37-35-45(56(44)57)60(65)67)64-52-32-17-13-28-48(52)62(41-22-9-6-10-23-41)49-29-14-18-33-53(49)64/h5-39H,1-4H3. The van der Waals surface area contributed by atoms with Crippen LogP contribution in [0, 0.1) is 0 Å². The summed E-state index contributed by atoms with van der Waals surface area (Å²) in [5, 5.41) is 1.43. The van der Waals surface area contributed by atoms with Gasteiger partial charge in [-0.1, -0.05) is 131 Å². The molecule has 0 radical (unpaired) electrons. The van der Waals surface area contributed by atoms with Crippen molar-refractivity contribution < 1.29 is 9.59 Å². The summed E-state index contributed by atoms with van der Waals surface area (Å²) in [7, 11) is 0. The molecule has 0 fully saturated rings. The van der Waals surface area contributed by atoms with Crippen molar-refractivity contribution in [1.29, 1.82) is 0 Å². The van der Waals surface area contributed by atoms with Crippen LogP contribution < -0.4 is 24.5 Å². The highest BCUT2D eigenvalue weighted by atomic mass is 16.2. The van der Waals surface area contributed by atoms with Crippen LogP contribution >= 0.6 is 0 Å². The highest BCUT2D eigenvalue weighted by Gasteiger charge is 2.41. The van der Waals surface area contributed by atoms with E-state index in [1.807, 2.05) is 30.3 Å². The van der Waals surface area contributed by atoms with Gasteiger partial charge < -0.3 is 19.6 Å². The predicted octanol–water partition coefficient (Wildman–Crippen LogP) is 16.4. The average Bonchev–Trinajstić information content (AvgIpc) is 3.36. The van der Waals surface area contributed by atoms with Crippen LogP contribution in [0.15, 0.2) is 200 Å². The smallest absolute Gasteiger partial charge is 0.266 e. The van der Waals surface area contributed by atoms with E-state index in [0.29, 0.717) is 22.2 Å².